The molecular weight excluding hydrogens is 226 g/mol. The molecule has 0 bridgehead atoms. The third-order valence-corrected chi connectivity index (χ3v) is 3.43. The van der Waals surface area contributed by atoms with Crippen molar-refractivity contribution in [2.75, 3.05) is 7.11 Å². The molecule has 1 aromatic carbocycles. The molecule has 18 heavy (non-hydrogen) atoms. The Bertz CT molecular complexity index is 453. The van der Waals surface area contributed by atoms with E-state index in [1.165, 1.54) is 0 Å². The second-order valence-corrected chi connectivity index (χ2v) is 4.59. The maximum absolute atomic E-state index is 6.07. The van der Waals surface area contributed by atoms with Crippen LogP contribution < -0.4 is 0 Å². The zero-order valence-electron chi connectivity index (χ0n) is 11.1. The number of hydrogen-bond acceptors (Lipinski definition) is 3. The van der Waals surface area contributed by atoms with Gasteiger partial charge in [0, 0.05) is 19.0 Å². The molecule has 0 fully saturated rings. The first-order valence-corrected chi connectivity index (χ1v) is 6.09. The lowest BCUT2D eigenvalue weighted by Crippen LogP contribution is -2.49. The van der Waals surface area contributed by atoms with E-state index in [-0.39, 0.29) is 6.10 Å². The van der Waals surface area contributed by atoms with Gasteiger partial charge >= 0.3 is 0 Å². The molecule has 0 saturated heterocycles. The lowest BCUT2D eigenvalue weighted by Gasteiger charge is -2.36. The van der Waals surface area contributed by atoms with E-state index in [2.05, 4.69) is 17.1 Å². The number of hydrogen-bond donors (Lipinski definition) is 0. The van der Waals surface area contributed by atoms with Gasteiger partial charge in [0.15, 0.2) is 0 Å². The van der Waals surface area contributed by atoms with Crippen LogP contribution in [0.15, 0.2) is 47.6 Å². The van der Waals surface area contributed by atoms with E-state index >= 15 is 0 Å². The van der Waals surface area contributed by atoms with E-state index < -0.39 is 5.60 Å². The number of methoxy groups -OCH3 is 1. The minimum atomic E-state index is -0.501. The van der Waals surface area contributed by atoms with Crippen molar-refractivity contribution in [1.82, 2.24) is 0 Å². The SMILES string of the molecule is COC1C=CN=C(C)C1(C)OCc1ccccc1. The second-order valence-electron chi connectivity index (χ2n) is 4.59. The Morgan fingerprint density at radius 3 is 2.67 bits per heavy atom. The van der Waals surface area contributed by atoms with Gasteiger partial charge < -0.3 is 9.47 Å². The van der Waals surface area contributed by atoms with Gasteiger partial charge in [-0.25, -0.2) is 0 Å². The summed E-state index contributed by atoms with van der Waals surface area (Å²) in [5.41, 5.74) is 1.59. The van der Waals surface area contributed by atoms with E-state index in [4.69, 9.17) is 9.47 Å². The van der Waals surface area contributed by atoms with Gasteiger partial charge in [-0.05, 0) is 25.5 Å². The Morgan fingerprint density at radius 2 is 2.00 bits per heavy atom. The van der Waals surface area contributed by atoms with Crippen molar-refractivity contribution >= 4 is 5.71 Å². The third kappa shape index (κ3) is 2.52. The van der Waals surface area contributed by atoms with E-state index in [9.17, 15) is 0 Å². The van der Waals surface area contributed by atoms with Crippen molar-refractivity contribution in [2.45, 2.75) is 32.2 Å². The van der Waals surface area contributed by atoms with Crippen molar-refractivity contribution in [3.63, 3.8) is 0 Å². The first kappa shape index (κ1) is 13.0. The van der Waals surface area contributed by atoms with Crippen LogP contribution in [-0.4, -0.2) is 24.5 Å². The largest absolute Gasteiger partial charge is 0.374 e. The summed E-state index contributed by atoms with van der Waals surface area (Å²) in [7, 11) is 1.69. The van der Waals surface area contributed by atoms with E-state index in [0.29, 0.717) is 6.61 Å². The van der Waals surface area contributed by atoms with Crippen LogP contribution >= 0.6 is 0 Å². The monoisotopic (exact) mass is 245 g/mol. The highest BCUT2D eigenvalue weighted by molar-refractivity contribution is 5.92. The first-order chi connectivity index (χ1) is 8.66. The molecule has 1 aromatic rings. The third-order valence-electron chi connectivity index (χ3n) is 3.43. The molecule has 0 aliphatic carbocycles. The summed E-state index contributed by atoms with van der Waals surface area (Å²) < 4.78 is 11.5. The Hall–Kier alpha value is -1.45. The highest BCUT2D eigenvalue weighted by Crippen LogP contribution is 2.26. The quantitative estimate of drug-likeness (QED) is 0.816. The average molecular weight is 245 g/mol. The van der Waals surface area contributed by atoms with Gasteiger partial charge in [-0.1, -0.05) is 30.3 Å². The molecule has 1 aliphatic rings. The van der Waals surface area contributed by atoms with Gasteiger partial charge in [0.25, 0.3) is 0 Å². The topological polar surface area (TPSA) is 30.8 Å². The smallest absolute Gasteiger partial charge is 0.133 e. The molecule has 2 rings (SSSR count). The Balaban J connectivity index is 2.10. The molecule has 96 valence electrons. The van der Waals surface area contributed by atoms with Crippen LogP contribution in [0.25, 0.3) is 0 Å². The lowest BCUT2D eigenvalue weighted by atomic mass is 9.91. The molecule has 0 N–H and O–H groups in total. The van der Waals surface area contributed by atoms with Gasteiger partial charge in [-0.2, -0.15) is 0 Å². The summed E-state index contributed by atoms with van der Waals surface area (Å²) in [5, 5.41) is 0. The summed E-state index contributed by atoms with van der Waals surface area (Å²) in [6, 6.07) is 10.1. The van der Waals surface area contributed by atoms with E-state index in [0.717, 1.165) is 11.3 Å². The summed E-state index contributed by atoms with van der Waals surface area (Å²) >= 11 is 0. The van der Waals surface area contributed by atoms with Crippen LogP contribution in [0.2, 0.25) is 0 Å². The molecule has 2 atom stereocenters. The number of ether oxygens (including phenoxy) is 2. The predicted molar refractivity (Wildman–Crippen MR) is 72.7 cm³/mol. The van der Waals surface area contributed by atoms with Gasteiger partial charge in [0.2, 0.25) is 0 Å². The highest BCUT2D eigenvalue weighted by Gasteiger charge is 2.38. The molecule has 2 unspecified atom stereocenters. The van der Waals surface area contributed by atoms with Crippen molar-refractivity contribution in [3.05, 3.63) is 48.2 Å². The van der Waals surface area contributed by atoms with E-state index in [1.54, 1.807) is 13.3 Å². The van der Waals surface area contributed by atoms with Crippen molar-refractivity contribution in [2.24, 2.45) is 4.99 Å². The van der Waals surface area contributed by atoms with Crippen LogP contribution in [-0.2, 0) is 16.1 Å². The Labute approximate surface area is 108 Å². The molecule has 3 nitrogen and oxygen atoms in total. The molecule has 1 aliphatic heterocycles. The highest BCUT2D eigenvalue weighted by atomic mass is 16.5. The second kappa shape index (κ2) is 5.46. The molecule has 0 radical (unpaired) electrons. The standard InChI is InChI=1S/C15H19NO2/c1-12-15(2,14(17-3)9-10-16-12)18-11-13-7-5-4-6-8-13/h4-10,14H,11H2,1-3H3. The summed E-state index contributed by atoms with van der Waals surface area (Å²) in [6.07, 6.45) is 3.61. The summed E-state index contributed by atoms with van der Waals surface area (Å²) in [4.78, 5) is 4.32. The lowest BCUT2D eigenvalue weighted by molar-refractivity contribution is -0.0732. The Kier molecular flexibility index (Phi) is 3.94. The van der Waals surface area contributed by atoms with Gasteiger partial charge in [0.1, 0.15) is 11.7 Å². The fraction of sp³-hybridized carbons (Fsp3) is 0.400. The average Bonchev–Trinajstić information content (AvgIpc) is 2.41. The normalized spacial score (nSPS) is 27.1. The van der Waals surface area contributed by atoms with Gasteiger partial charge in [-0.3, -0.25) is 4.99 Å². The van der Waals surface area contributed by atoms with E-state index in [1.807, 2.05) is 38.1 Å². The minimum Gasteiger partial charge on any atom is -0.374 e. The molecular formula is C15H19NO2. The van der Waals surface area contributed by atoms with Gasteiger partial charge in [-0.15, -0.1) is 0 Å². The molecule has 0 amide bonds. The number of aliphatic imine (C=N–C) groups is 1. The molecule has 3 heteroatoms. The first-order valence-electron chi connectivity index (χ1n) is 6.09. The maximum Gasteiger partial charge on any atom is 0.133 e. The summed E-state index contributed by atoms with van der Waals surface area (Å²) in [5.74, 6) is 0. The van der Waals surface area contributed by atoms with Gasteiger partial charge in [0.05, 0.1) is 6.61 Å². The van der Waals surface area contributed by atoms with Crippen LogP contribution in [0.5, 0.6) is 0 Å². The molecule has 0 aromatic heterocycles. The predicted octanol–water partition coefficient (Wildman–Crippen LogP) is 2.97. The maximum atomic E-state index is 6.07. The zero-order chi connectivity index (χ0) is 13.0. The van der Waals surface area contributed by atoms with Crippen LogP contribution in [0, 0.1) is 0 Å². The van der Waals surface area contributed by atoms with Crippen molar-refractivity contribution in [1.29, 1.82) is 0 Å². The van der Waals surface area contributed by atoms with Crippen LogP contribution in [0.4, 0.5) is 0 Å². The minimum absolute atomic E-state index is 0.0984. The van der Waals surface area contributed by atoms with Crippen LogP contribution in [0.1, 0.15) is 19.4 Å². The number of rotatable bonds is 4. The number of nitrogens with zero attached hydrogens (tertiary/aromatic N) is 1. The van der Waals surface area contributed by atoms with Crippen LogP contribution in [0.3, 0.4) is 0 Å². The zero-order valence-corrected chi connectivity index (χ0v) is 11.1. The number of benzene rings is 1. The molecule has 1 heterocycles. The molecule has 0 spiro atoms. The fourth-order valence-corrected chi connectivity index (χ4v) is 2.05. The fourth-order valence-electron chi connectivity index (χ4n) is 2.05. The van der Waals surface area contributed by atoms with Crippen molar-refractivity contribution in [3.8, 4) is 0 Å². The van der Waals surface area contributed by atoms with Crippen molar-refractivity contribution < 1.29 is 9.47 Å². The molecule has 0 saturated carbocycles. The summed E-state index contributed by atoms with van der Waals surface area (Å²) in [6.45, 7) is 4.55. The Morgan fingerprint density at radius 1 is 1.28 bits per heavy atom.